The molecule has 2 aromatic rings. The molecule has 3 N–H and O–H groups in total. The van der Waals surface area contributed by atoms with Crippen molar-refractivity contribution in [1.29, 1.82) is 0 Å². The molecule has 33 heavy (non-hydrogen) atoms. The van der Waals surface area contributed by atoms with Crippen molar-refractivity contribution in [2.75, 3.05) is 13.2 Å². The fraction of sp³-hybridized carbons (Fsp3) is 0.556. The summed E-state index contributed by atoms with van der Waals surface area (Å²) in [4.78, 5) is 17.5. The van der Waals surface area contributed by atoms with Crippen LogP contribution < -0.4 is 10.1 Å². The average molecular weight is 453 g/mol. The van der Waals surface area contributed by atoms with Crippen molar-refractivity contribution in [2.45, 2.75) is 69.9 Å². The standard InChI is InChI=1S/C27H36N2O4/c1-26(2,32)24(29-25(31)22(17-30)20-6-4-3-5-7-20)23-9-8-21(16-28-23)33-18-27-13-10-19(11-14-27)12-15-27/h3-9,16,19,22,24,30,32H,10-15,17-18H2,1-2H3,(H,29,31)/t19?,22-,24+,27?/m0/s1. The Morgan fingerprint density at radius 1 is 1.15 bits per heavy atom. The lowest BCUT2D eigenvalue weighted by Gasteiger charge is -2.46. The molecule has 2 atom stereocenters. The summed E-state index contributed by atoms with van der Waals surface area (Å²) in [7, 11) is 0. The third-order valence-electron chi connectivity index (χ3n) is 7.54. The van der Waals surface area contributed by atoms with Gasteiger partial charge in [-0.1, -0.05) is 30.3 Å². The van der Waals surface area contributed by atoms with Crippen LogP contribution in [-0.2, 0) is 4.79 Å². The summed E-state index contributed by atoms with van der Waals surface area (Å²) in [5.41, 5.74) is 0.332. The van der Waals surface area contributed by atoms with Crippen molar-refractivity contribution < 1.29 is 19.7 Å². The predicted octanol–water partition coefficient (Wildman–Crippen LogP) is 4.14. The summed E-state index contributed by atoms with van der Waals surface area (Å²) < 4.78 is 6.13. The van der Waals surface area contributed by atoms with Gasteiger partial charge in [-0.05, 0) is 76.0 Å². The highest BCUT2D eigenvalue weighted by atomic mass is 16.5. The van der Waals surface area contributed by atoms with Gasteiger partial charge in [0.15, 0.2) is 0 Å². The molecule has 3 aliphatic carbocycles. The van der Waals surface area contributed by atoms with Crippen LogP contribution in [0.3, 0.4) is 0 Å². The van der Waals surface area contributed by atoms with Gasteiger partial charge in [-0.2, -0.15) is 0 Å². The van der Waals surface area contributed by atoms with Crippen molar-refractivity contribution in [3.8, 4) is 5.75 Å². The Kier molecular flexibility index (Phi) is 7.05. The van der Waals surface area contributed by atoms with Gasteiger partial charge in [0, 0.05) is 5.41 Å². The Morgan fingerprint density at radius 3 is 2.36 bits per heavy atom. The van der Waals surface area contributed by atoms with Crippen molar-refractivity contribution in [1.82, 2.24) is 10.3 Å². The summed E-state index contributed by atoms with van der Waals surface area (Å²) in [5, 5.41) is 23.5. The zero-order chi connectivity index (χ0) is 23.5. The van der Waals surface area contributed by atoms with E-state index >= 15 is 0 Å². The molecule has 0 spiro atoms. The second-order valence-electron chi connectivity index (χ2n) is 10.4. The number of nitrogens with zero attached hydrogens (tertiary/aromatic N) is 1. The quantitative estimate of drug-likeness (QED) is 0.532. The lowest BCUT2D eigenvalue weighted by Crippen LogP contribution is -2.44. The molecule has 1 heterocycles. The Hall–Kier alpha value is -2.44. The van der Waals surface area contributed by atoms with E-state index in [1.807, 2.05) is 36.4 Å². The first kappa shape index (κ1) is 23.7. The molecule has 1 aromatic heterocycles. The second kappa shape index (κ2) is 9.82. The molecule has 0 unspecified atom stereocenters. The smallest absolute Gasteiger partial charge is 0.230 e. The van der Waals surface area contributed by atoms with Crippen molar-refractivity contribution in [3.63, 3.8) is 0 Å². The Morgan fingerprint density at radius 2 is 1.82 bits per heavy atom. The number of nitrogens with one attached hydrogen (secondary N) is 1. The normalized spacial score (nSPS) is 24.2. The van der Waals surface area contributed by atoms with Crippen molar-refractivity contribution >= 4 is 5.91 Å². The zero-order valence-electron chi connectivity index (χ0n) is 19.7. The number of fused-ring (bicyclic) bond motifs is 3. The monoisotopic (exact) mass is 452 g/mol. The van der Waals surface area contributed by atoms with E-state index in [4.69, 9.17) is 4.74 Å². The van der Waals surface area contributed by atoms with Gasteiger partial charge in [0.1, 0.15) is 5.75 Å². The molecule has 6 heteroatoms. The third-order valence-corrected chi connectivity index (χ3v) is 7.54. The van der Waals surface area contributed by atoms with E-state index in [0.717, 1.165) is 18.1 Å². The van der Waals surface area contributed by atoms with E-state index in [9.17, 15) is 15.0 Å². The number of rotatable bonds is 9. The molecule has 3 aliphatic rings. The number of benzene rings is 1. The number of hydrogen-bond acceptors (Lipinski definition) is 5. The lowest BCUT2D eigenvalue weighted by atomic mass is 9.61. The first-order valence-corrected chi connectivity index (χ1v) is 12.1. The molecule has 1 aromatic carbocycles. The van der Waals surface area contributed by atoms with Gasteiger partial charge in [-0.15, -0.1) is 0 Å². The van der Waals surface area contributed by atoms with Gasteiger partial charge in [-0.25, -0.2) is 0 Å². The minimum atomic E-state index is -1.25. The number of pyridine rings is 1. The van der Waals surface area contributed by atoms with Crippen LogP contribution in [-0.4, -0.2) is 39.9 Å². The lowest BCUT2D eigenvalue weighted by molar-refractivity contribution is -0.126. The van der Waals surface area contributed by atoms with Crippen LogP contribution in [0.15, 0.2) is 48.7 Å². The molecule has 2 bridgehead atoms. The van der Waals surface area contributed by atoms with Gasteiger partial charge in [0.2, 0.25) is 5.91 Å². The van der Waals surface area contributed by atoms with E-state index in [2.05, 4.69) is 10.3 Å². The first-order chi connectivity index (χ1) is 15.8. The van der Waals surface area contributed by atoms with E-state index in [1.54, 1.807) is 26.1 Å². The van der Waals surface area contributed by atoms with Gasteiger partial charge in [0.05, 0.1) is 42.7 Å². The number of aromatic nitrogens is 1. The topological polar surface area (TPSA) is 91.7 Å². The molecular formula is C27H36N2O4. The molecule has 3 saturated carbocycles. The number of carbonyl (C=O) groups is 1. The predicted molar refractivity (Wildman–Crippen MR) is 127 cm³/mol. The zero-order valence-corrected chi connectivity index (χ0v) is 19.7. The summed E-state index contributed by atoms with van der Waals surface area (Å²) >= 11 is 0. The minimum absolute atomic E-state index is 0.313. The fourth-order valence-corrected chi connectivity index (χ4v) is 5.32. The molecule has 178 valence electrons. The highest BCUT2D eigenvalue weighted by Gasteiger charge is 2.41. The van der Waals surface area contributed by atoms with Crippen LogP contribution in [0.4, 0.5) is 0 Å². The fourth-order valence-electron chi connectivity index (χ4n) is 5.32. The minimum Gasteiger partial charge on any atom is -0.491 e. The maximum atomic E-state index is 13.0. The molecule has 0 saturated heterocycles. The number of hydrogen-bond donors (Lipinski definition) is 3. The summed E-state index contributed by atoms with van der Waals surface area (Å²) in [6.45, 7) is 3.68. The van der Waals surface area contributed by atoms with Crippen LogP contribution in [0, 0.1) is 11.3 Å². The molecule has 6 nitrogen and oxygen atoms in total. The molecule has 3 fully saturated rings. The van der Waals surface area contributed by atoms with E-state index in [1.165, 1.54) is 38.5 Å². The van der Waals surface area contributed by atoms with Crippen molar-refractivity contribution in [3.05, 3.63) is 59.9 Å². The second-order valence-corrected chi connectivity index (χ2v) is 10.4. The average Bonchev–Trinajstić information content (AvgIpc) is 2.83. The number of aliphatic hydroxyl groups is 2. The molecular weight excluding hydrogens is 416 g/mol. The molecule has 1 amide bonds. The Bertz CT molecular complexity index is 902. The van der Waals surface area contributed by atoms with Crippen molar-refractivity contribution in [2.24, 2.45) is 11.3 Å². The van der Waals surface area contributed by atoms with Gasteiger partial charge in [-0.3, -0.25) is 9.78 Å². The molecule has 0 aliphatic heterocycles. The third kappa shape index (κ3) is 5.56. The van der Waals surface area contributed by atoms with Crippen LogP contribution in [0.5, 0.6) is 5.75 Å². The SMILES string of the molecule is CC(C)(O)[C@H](NC(=O)[C@@H](CO)c1ccccc1)c1ccc(OCC23CCC(CC2)CC3)cn1. The number of aliphatic hydroxyl groups excluding tert-OH is 1. The van der Waals surface area contributed by atoms with Gasteiger partial charge >= 0.3 is 0 Å². The van der Waals surface area contributed by atoms with E-state index < -0.39 is 17.6 Å². The van der Waals surface area contributed by atoms with Crippen LogP contribution in [0.2, 0.25) is 0 Å². The molecule has 5 rings (SSSR count). The highest BCUT2D eigenvalue weighted by molar-refractivity contribution is 5.84. The van der Waals surface area contributed by atoms with E-state index in [0.29, 0.717) is 16.9 Å². The van der Waals surface area contributed by atoms with Gasteiger partial charge in [0.25, 0.3) is 0 Å². The van der Waals surface area contributed by atoms with Gasteiger partial charge < -0.3 is 20.3 Å². The summed E-state index contributed by atoms with van der Waals surface area (Å²) in [6, 6.07) is 12.1. The maximum absolute atomic E-state index is 13.0. The Labute approximate surface area is 196 Å². The molecule has 0 radical (unpaired) electrons. The Balaban J connectivity index is 1.43. The number of amides is 1. The summed E-state index contributed by atoms with van der Waals surface area (Å²) in [5.74, 6) is 0.557. The van der Waals surface area contributed by atoms with Crippen LogP contribution in [0.25, 0.3) is 0 Å². The van der Waals surface area contributed by atoms with E-state index in [-0.39, 0.29) is 12.5 Å². The highest BCUT2D eigenvalue weighted by Crippen LogP contribution is 2.50. The van der Waals surface area contributed by atoms with Crippen LogP contribution in [0.1, 0.15) is 75.6 Å². The number of carbonyl (C=O) groups excluding carboxylic acids is 1. The maximum Gasteiger partial charge on any atom is 0.230 e. The van der Waals surface area contributed by atoms with Crippen LogP contribution >= 0.6 is 0 Å². The largest absolute Gasteiger partial charge is 0.491 e. The summed E-state index contributed by atoms with van der Waals surface area (Å²) in [6.07, 6.45) is 9.41. The first-order valence-electron chi connectivity index (χ1n) is 12.1. The number of ether oxygens (including phenoxy) is 1.